The molecule has 1 amide bonds. The Balaban J connectivity index is 1.44. The Labute approximate surface area is 135 Å². The summed E-state index contributed by atoms with van der Waals surface area (Å²) in [6, 6.07) is 10.2. The van der Waals surface area contributed by atoms with E-state index in [0.29, 0.717) is 31.2 Å². The number of rotatable bonds is 4. The molecule has 0 radical (unpaired) electrons. The second-order valence-corrected chi connectivity index (χ2v) is 6.32. The molecule has 5 heteroatoms. The molecule has 1 saturated heterocycles. The minimum absolute atomic E-state index is 0.0227. The molecule has 0 spiro atoms. The zero-order valence-corrected chi connectivity index (χ0v) is 13.0. The molecule has 1 saturated carbocycles. The van der Waals surface area contributed by atoms with Crippen LogP contribution in [0.3, 0.4) is 0 Å². The van der Waals surface area contributed by atoms with Crippen molar-refractivity contribution in [3.05, 3.63) is 53.4 Å². The van der Waals surface area contributed by atoms with Gasteiger partial charge in [0.05, 0.1) is 18.4 Å². The molecule has 2 aliphatic rings. The van der Waals surface area contributed by atoms with E-state index in [1.54, 1.807) is 0 Å². The van der Waals surface area contributed by atoms with Gasteiger partial charge in [0.25, 0.3) is 5.91 Å². The highest BCUT2D eigenvalue weighted by atomic mass is 16.5. The second kappa shape index (κ2) is 6.16. The number of hydrogen-bond donors (Lipinski definition) is 0. The van der Waals surface area contributed by atoms with Crippen molar-refractivity contribution in [1.82, 2.24) is 10.1 Å². The zero-order valence-electron chi connectivity index (χ0n) is 13.0. The van der Waals surface area contributed by atoms with E-state index in [1.165, 1.54) is 11.8 Å². The van der Waals surface area contributed by atoms with Gasteiger partial charge in [-0.2, -0.15) is 0 Å². The van der Waals surface area contributed by atoms with Crippen LogP contribution in [-0.2, 0) is 11.2 Å². The molecule has 1 atom stereocenters. The minimum atomic E-state index is 0.0227. The van der Waals surface area contributed by atoms with Crippen molar-refractivity contribution >= 4 is 5.91 Å². The minimum Gasteiger partial charge on any atom is -0.374 e. The lowest BCUT2D eigenvalue weighted by Gasteiger charge is -2.33. The number of carbonyl (C=O) groups is 1. The molecule has 2 aromatic rings. The predicted molar refractivity (Wildman–Crippen MR) is 84.3 cm³/mol. The Morgan fingerprint density at radius 1 is 1.26 bits per heavy atom. The smallest absolute Gasteiger partial charge is 0.259 e. The number of morpholine rings is 1. The number of hydrogen-bond acceptors (Lipinski definition) is 4. The highest BCUT2D eigenvalue weighted by molar-refractivity contribution is 5.95. The molecule has 2 heterocycles. The van der Waals surface area contributed by atoms with Gasteiger partial charge >= 0.3 is 0 Å². The van der Waals surface area contributed by atoms with Crippen molar-refractivity contribution in [2.24, 2.45) is 0 Å². The first kappa shape index (κ1) is 14.5. The Hall–Kier alpha value is -2.14. The van der Waals surface area contributed by atoms with Crippen LogP contribution in [0, 0.1) is 0 Å². The first-order valence-electron chi connectivity index (χ1n) is 8.20. The summed E-state index contributed by atoms with van der Waals surface area (Å²) in [5.41, 5.74) is 2.70. The van der Waals surface area contributed by atoms with Gasteiger partial charge in [0.2, 0.25) is 0 Å². The lowest BCUT2D eigenvalue weighted by molar-refractivity contribution is -0.0208. The zero-order chi connectivity index (χ0) is 15.6. The maximum atomic E-state index is 12.8. The first-order chi connectivity index (χ1) is 11.3. The number of ether oxygens (including phenoxy) is 1. The van der Waals surface area contributed by atoms with Crippen molar-refractivity contribution < 1.29 is 14.1 Å². The van der Waals surface area contributed by atoms with Crippen LogP contribution < -0.4 is 0 Å². The Bertz CT molecular complexity index is 679. The fourth-order valence-corrected chi connectivity index (χ4v) is 3.13. The molecule has 120 valence electrons. The molecule has 5 nitrogen and oxygen atoms in total. The summed E-state index contributed by atoms with van der Waals surface area (Å²) < 4.78 is 10.9. The number of benzene rings is 1. The number of nitrogens with zero attached hydrogens (tertiary/aromatic N) is 2. The Morgan fingerprint density at radius 2 is 2.09 bits per heavy atom. The molecule has 23 heavy (non-hydrogen) atoms. The maximum Gasteiger partial charge on any atom is 0.259 e. The summed E-state index contributed by atoms with van der Waals surface area (Å²) in [6.07, 6.45) is 4.57. The molecule has 0 N–H and O–H groups in total. The summed E-state index contributed by atoms with van der Waals surface area (Å²) in [5.74, 6) is 0.434. The Kier molecular flexibility index (Phi) is 3.87. The van der Waals surface area contributed by atoms with E-state index in [4.69, 9.17) is 9.26 Å². The fraction of sp³-hybridized carbons (Fsp3) is 0.444. The third-order valence-electron chi connectivity index (χ3n) is 4.52. The van der Waals surface area contributed by atoms with Crippen LogP contribution in [0.15, 0.2) is 41.1 Å². The first-order valence-corrected chi connectivity index (χ1v) is 8.20. The summed E-state index contributed by atoms with van der Waals surface area (Å²) in [7, 11) is 0. The van der Waals surface area contributed by atoms with E-state index in [1.807, 2.05) is 23.1 Å². The quantitative estimate of drug-likeness (QED) is 0.871. The van der Waals surface area contributed by atoms with Crippen LogP contribution in [0.5, 0.6) is 0 Å². The molecule has 1 aromatic carbocycles. The van der Waals surface area contributed by atoms with E-state index in [0.717, 1.165) is 25.0 Å². The second-order valence-electron chi connectivity index (χ2n) is 6.32. The van der Waals surface area contributed by atoms with Gasteiger partial charge in [-0.1, -0.05) is 35.5 Å². The SMILES string of the molecule is O=C(c1conc1C1CC1)N1CCOC(Cc2ccccc2)C1. The maximum absolute atomic E-state index is 12.8. The standard InChI is InChI=1S/C18H20N2O3/c21-18(16-12-23-19-17(16)14-6-7-14)20-8-9-22-15(11-20)10-13-4-2-1-3-5-13/h1-5,12,14-15H,6-11H2. The van der Waals surface area contributed by atoms with E-state index in [2.05, 4.69) is 17.3 Å². The van der Waals surface area contributed by atoms with Gasteiger partial charge < -0.3 is 14.2 Å². The molecule has 1 unspecified atom stereocenters. The van der Waals surface area contributed by atoms with Crippen molar-refractivity contribution in [2.75, 3.05) is 19.7 Å². The van der Waals surface area contributed by atoms with Gasteiger partial charge in [0, 0.05) is 25.4 Å². The van der Waals surface area contributed by atoms with E-state index in [9.17, 15) is 4.79 Å². The van der Waals surface area contributed by atoms with Gasteiger partial charge in [0.15, 0.2) is 0 Å². The number of carbonyl (C=O) groups excluding carboxylic acids is 1. The van der Waals surface area contributed by atoms with Gasteiger partial charge in [-0.05, 0) is 18.4 Å². The van der Waals surface area contributed by atoms with Crippen molar-refractivity contribution in [2.45, 2.75) is 31.3 Å². The third kappa shape index (κ3) is 3.15. The summed E-state index contributed by atoms with van der Waals surface area (Å²) >= 11 is 0. The predicted octanol–water partition coefficient (Wildman–Crippen LogP) is 2.64. The van der Waals surface area contributed by atoms with Gasteiger partial charge in [0.1, 0.15) is 11.8 Å². The van der Waals surface area contributed by atoms with Gasteiger partial charge in [-0.25, -0.2) is 0 Å². The molecule has 2 fully saturated rings. The average molecular weight is 312 g/mol. The van der Waals surface area contributed by atoms with E-state index < -0.39 is 0 Å². The topological polar surface area (TPSA) is 55.6 Å². The van der Waals surface area contributed by atoms with Crippen LogP contribution in [0.1, 0.15) is 40.4 Å². The molecular formula is C18H20N2O3. The number of amides is 1. The van der Waals surface area contributed by atoms with Crippen molar-refractivity contribution in [3.8, 4) is 0 Å². The van der Waals surface area contributed by atoms with Crippen molar-refractivity contribution in [1.29, 1.82) is 0 Å². The van der Waals surface area contributed by atoms with Crippen LogP contribution in [-0.4, -0.2) is 41.8 Å². The van der Waals surface area contributed by atoms with Crippen LogP contribution in [0.2, 0.25) is 0 Å². The largest absolute Gasteiger partial charge is 0.374 e. The Morgan fingerprint density at radius 3 is 2.87 bits per heavy atom. The molecule has 4 rings (SSSR count). The highest BCUT2D eigenvalue weighted by Crippen LogP contribution is 2.41. The molecule has 1 aliphatic heterocycles. The lowest BCUT2D eigenvalue weighted by atomic mass is 10.1. The normalized spacial score (nSPS) is 21.4. The van der Waals surface area contributed by atoms with Crippen LogP contribution >= 0.6 is 0 Å². The third-order valence-corrected chi connectivity index (χ3v) is 4.52. The lowest BCUT2D eigenvalue weighted by Crippen LogP contribution is -2.46. The van der Waals surface area contributed by atoms with E-state index >= 15 is 0 Å². The van der Waals surface area contributed by atoms with Crippen LogP contribution in [0.25, 0.3) is 0 Å². The highest BCUT2D eigenvalue weighted by Gasteiger charge is 2.34. The molecule has 1 aromatic heterocycles. The average Bonchev–Trinajstić information content (AvgIpc) is 3.32. The summed E-state index contributed by atoms with van der Waals surface area (Å²) in [4.78, 5) is 14.7. The van der Waals surface area contributed by atoms with Crippen molar-refractivity contribution in [3.63, 3.8) is 0 Å². The molecular weight excluding hydrogens is 292 g/mol. The molecule has 1 aliphatic carbocycles. The fourth-order valence-electron chi connectivity index (χ4n) is 3.13. The van der Waals surface area contributed by atoms with Gasteiger partial charge in [-0.15, -0.1) is 0 Å². The number of aromatic nitrogens is 1. The monoisotopic (exact) mass is 312 g/mol. The van der Waals surface area contributed by atoms with E-state index in [-0.39, 0.29) is 12.0 Å². The van der Waals surface area contributed by atoms with Gasteiger partial charge in [-0.3, -0.25) is 4.79 Å². The summed E-state index contributed by atoms with van der Waals surface area (Å²) in [5, 5.41) is 4.03. The summed E-state index contributed by atoms with van der Waals surface area (Å²) in [6.45, 7) is 1.82. The molecule has 0 bridgehead atoms. The van der Waals surface area contributed by atoms with Crippen LogP contribution in [0.4, 0.5) is 0 Å².